The quantitative estimate of drug-likeness (QED) is 0.789. The van der Waals surface area contributed by atoms with Crippen molar-refractivity contribution in [2.45, 2.75) is 56.7 Å². The van der Waals surface area contributed by atoms with Crippen LogP contribution >= 0.6 is 11.8 Å². The highest BCUT2D eigenvalue weighted by Gasteiger charge is 2.40. The fourth-order valence-corrected chi connectivity index (χ4v) is 4.79. The molecule has 0 aromatic rings. The summed E-state index contributed by atoms with van der Waals surface area (Å²) in [5.41, 5.74) is -0.315. The van der Waals surface area contributed by atoms with Gasteiger partial charge in [-0.2, -0.15) is 11.8 Å². The minimum atomic E-state index is -0.315. The van der Waals surface area contributed by atoms with E-state index in [2.05, 4.69) is 17.6 Å². The maximum Gasteiger partial charge on any atom is 0.228 e. The van der Waals surface area contributed by atoms with Gasteiger partial charge in [0.05, 0.1) is 12.0 Å². The number of hydrogen-bond donors (Lipinski definition) is 2. The number of carbonyl (C=O) groups is 1. The molecule has 4 nitrogen and oxygen atoms in total. The number of rotatable bonds is 6. The Morgan fingerprint density at radius 2 is 2.14 bits per heavy atom. The molecular weight excluding hydrogens is 284 g/mol. The van der Waals surface area contributed by atoms with Crippen molar-refractivity contribution < 1.29 is 9.53 Å². The van der Waals surface area contributed by atoms with Gasteiger partial charge < -0.3 is 15.4 Å². The standard InChI is InChI=1S/C16H30N2O2S/c1-3-21-14-6-4-5-13(11-14)18-15(19)16(12-20-2)7-9-17-10-8-16/h13-14,17H,3-12H2,1-2H3,(H,18,19). The van der Waals surface area contributed by atoms with Gasteiger partial charge in [0.15, 0.2) is 0 Å². The third kappa shape index (κ3) is 4.60. The Morgan fingerprint density at radius 1 is 1.38 bits per heavy atom. The molecule has 0 spiro atoms. The van der Waals surface area contributed by atoms with Gasteiger partial charge in [-0.25, -0.2) is 0 Å². The lowest BCUT2D eigenvalue weighted by atomic mass is 9.78. The summed E-state index contributed by atoms with van der Waals surface area (Å²) < 4.78 is 5.36. The summed E-state index contributed by atoms with van der Waals surface area (Å²) >= 11 is 2.04. The molecule has 1 aliphatic heterocycles. The Hall–Kier alpha value is -0.260. The summed E-state index contributed by atoms with van der Waals surface area (Å²) in [5.74, 6) is 1.39. The first kappa shape index (κ1) is 17.1. The van der Waals surface area contributed by atoms with Crippen LogP contribution in [-0.2, 0) is 9.53 Å². The zero-order chi connectivity index (χ0) is 15.1. The molecule has 2 unspecified atom stereocenters. The lowest BCUT2D eigenvalue weighted by Gasteiger charge is -2.38. The van der Waals surface area contributed by atoms with Crippen LogP contribution in [0.25, 0.3) is 0 Å². The molecule has 0 radical (unpaired) electrons. The van der Waals surface area contributed by atoms with E-state index >= 15 is 0 Å². The maximum atomic E-state index is 12.8. The molecular formula is C16H30N2O2S. The van der Waals surface area contributed by atoms with Gasteiger partial charge in [0.25, 0.3) is 0 Å². The van der Waals surface area contributed by atoms with Crippen LogP contribution in [0.2, 0.25) is 0 Å². The first-order valence-corrected chi connectivity index (χ1v) is 9.37. The molecule has 2 rings (SSSR count). The summed E-state index contributed by atoms with van der Waals surface area (Å²) in [5, 5.41) is 7.41. The van der Waals surface area contributed by atoms with Gasteiger partial charge in [-0.1, -0.05) is 13.3 Å². The SMILES string of the molecule is CCSC1CCCC(NC(=O)C2(COC)CCNCC2)C1. The minimum Gasteiger partial charge on any atom is -0.384 e. The summed E-state index contributed by atoms with van der Waals surface area (Å²) in [6, 6.07) is 0.360. The van der Waals surface area contributed by atoms with Crippen LogP contribution in [0.1, 0.15) is 45.4 Å². The van der Waals surface area contributed by atoms with Gasteiger partial charge in [-0.05, 0) is 50.9 Å². The van der Waals surface area contributed by atoms with E-state index in [-0.39, 0.29) is 11.3 Å². The average Bonchev–Trinajstić information content (AvgIpc) is 2.49. The molecule has 1 aliphatic carbocycles. The molecule has 1 saturated heterocycles. The van der Waals surface area contributed by atoms with Crippen LogP contribution in [0.15, 0.2) is 0 Å². The second-order valence-electron chi connectivity index (χ2n) is 6.38. The predicted octanol–water partition coefficient (Wildman–Crippen LogP) is 2.18. The Kier molecular flexibility index (Phi) is 6.83. The third-order valence-corrected chi connectivity index (χ3v) is 6.06. The van der Waals surface area contributed by atoms with Crippen LogP contribution in [0.3, 0.4) is 0 Å². The van der Waals surface area contributed by atoms with E-state index in [0.29, 0.717) is 12.6 Å². The number of piperidine rings is 1. The molecule has 0 aromatic heterocycles. The summed E-state index contributed by atoms with van der Waals surface area (Å²) in [6.07, 6.45) is 6.57. The minimum absolute atomic E-state index is 0.220. The number of nitrogens with one attached hydrogen (secondary N) is 2. The fraction of sp³-hybridized carbons (Fsp3) is 0.938. The van der Waals surface area contributed by atoms with Gasteiger partial charge in [-0.3, -0.25) is 4.79 Å². The van der Waals surface area contributed by atoms with Gasteiger partial charge in [0, 0.05) is 18.4 Å². The smallest absolute Gasteiger partial charge is 0.228 e. The molecule has 1 heterocycles. The number of hydrogen-bond acceptors (Lipinski definition) is 4. The Bertz CT molecular complexity index is 325. The van der Waals surface area contributed by atoms with Crippen molar-refractivity contribution in [3.8, 4) is 0 Å². The van der Waals surface area contributed by atoms with E-state index in [9.17, 15) is 4.79 Å². The lowest BCUT2D eigenvalue weighted by molar-refractivity contribution is -0.137. The Labute approximate surface area is 133 Å². The average molecular weight is 314 g/mol. The topological polar surface area (TPSA) is 50.4 Å². The van der Waals surface area contributed by atoms with Crippen LogP contribution < -0.4 is 10.6 Å². The summed E-state index contributed by atoms with van der Waals surface area (Å²) in [6.45, 7) is 4.58. The molecule has 0 aromatic carbocycles. The van der Waals surface area contributed by atoms with E-state index in [1.165, 1.54) is 18.6 Å². The van der Waals surface area contributed by atoms with Crippen molar-refractivity contribution >= 4 is 17.7 Å². The molecule has 122 valence electrons. The molecule has 5 heteroatoms. The highest BCUT2D eigenvalue weighted by Crippen LogP contribution is 2.32. The molecule has 1 saturated carbocycles. The molecule has 2 atom stereocenters. The normalized spacial score (nSPS) is 29.0. The second kappa shape index (κ2) is 8.39. The first-order chi connectivity index (χ1) is 10.2. The number of amides is 1. The molecule has 2 fully saturated rings. The molecule has 2 N–H and O–H groups in total. The molecule has 1 amide bonds. The van der Waals surface area contributed by atoms with Crippen LogP contribution in [0, 0.1) is 5.41 Å². The zero-order valence-electron chi connectivity index (χ0n) is 13.5. The van der Waals surface area contributed by atoms with E-state index in [1.807, 2.05) is 11.8 Å². The van der Waals surface area contributed by atoms with Gasteiger partial charge in [0.1, 0.15) is 0 Å². The van der Waals surface area contributed by atoms with E-state index in [1.54, 1.807) is 7.11 Å². The van der Waals surface area contributed by atoms with E-state index < -0.39 is 0 Å². The largest absolute Gasteiger partial charge is 0.384 e. The number of carbonyl (C=O) groups excluding carboxylic acids is 1. The van der Waals surface area contributed by atoms with Crippen molar-refractivity contribution in [1.29, 1.82) is 0 Å². The summed E-state index contributed by atoms with van der Waals surface area (Å²) in [4.78, 5) is 12.8. The Balaban J connectivity index is 1.91. The third-order valence-electron chi connectivity index (χ3n) is 4.83. The predicted molar refractivity (Wildman–Crippen MR) is 88.7 cm³/mol. The molecule has 2 aliphatic rings. The van der Waals surface area contributed by atoms with Crippen LogP contribution in [-0.4, -0.2) is 49.8 Å². The Morgan fingerprint density at radius 3 is 2.81 bits per heavy atom. The maximum absolute atomic E-state index is 12.8. The van der Waals surface area contributed by atoms with Crippen molar-refractivity contribution in [3.63, 3.8) is 0 Å². The molecule has 21 heavy (non-hydrogen) atoms. The zero-order valence-corrected chi connectivity index (χ0v) is 14.3. The monoisotopic (exact) mass is 314 g/mol. The van der Waals surface area contributed by atoms with Crippen molar-refractivity contribution in [1.82, 2.24) is 10.6 Å². The van der Waals surface area contributed by atoms with Crippen LogP contribution in [0.4, 0.5) is 0 Å². The van der Waals surface area contributed by atoms with Gasteiger partial charge in [-0.15, -0.1) is 0 Å². The van der Waals surface area contributed by atoms with Gasteiger partial charge >= 0.3 is 0 Å². The van der Waals surface area contributed by atoms with Crippen molar-refractivity contribution in [2.24, 2.45) is 5.41 Å². The second-order valence-corrected chi connectivity index (χ2v) is 7.96. The number of methoxy groups -OCH3 is 1. The van der Waals surface area contributed by atoms with E-state index in [4.69, 9.17) is 4.74 Å². The number of ether oxygens (including phenoxy) is 1. The summed E-state index contributed by atoms with van der Waals surface area (Å²) in [7, 11) is 1.70. The van der Waals surface area contributed by atoms with Gasteiger partial charge in [0.2, 0.25) is 5.91 Å². The van der Waals surface area contributed by atoms with Crippen molar-refractivity contribution in [3.05, 3.63) is 0 Å². The first-order valence-electron chi connectivity index (χ1n) is 8.32. The van der Waals surface area contributed by atoms with Crippen molar-refractivity contribution in [2.75, 3.05) is 32.6 Å². The lowest BCUT2D eigenvalue weighted by Crippen LogP contribution is -2.53. The van der Waals surface area contributed by atoms with Crippen LogP contribution in [0.5, 0.6) is 0 Å². The fourth-order valence-electron chi connectivity index (χ4n) is 3.62. The highest BCUT2D eigenvalue weighted by atomic mass is 32.2. The number of thioether (sulfide) groups is 1. The molecule has 0 bridgehead atoms. The highest BCUT2D eigenvalue weighted by molar-refractivity contribution is 7.99. The van der Waals surface area contributed by atoms with E-state index in [0.717, 1.165) is 44.0 Å².